The Morgan fingerprint density at radius 3 is 2.54 bits per heavy atom. The third-order valence-corrected chi connectivity index (χ3v) is 3.96. The number of nitrogens with one attached hydrogen (secondary N) is 1. The van der Waals surface area contributed by atoms with Crippen molar-refractivity contribution in [2.75, 3.05) is 6.61 Å². The van der Waals surface area contributed by atoms with E-state index in [1.165, 1.54) is 18.2 Å². The van der Waals surface area contributed by atoms with E-state index in [4.69, 9.17) is 16.3 Å². The SMILES string of the molecule is CC(C)CC(NC(=O)COc1ccc(Cl)cc1[N+](=O)[O-])c1ccccc1. The minimum Gasteiger partial charge on any atom is -0.477 e. The van der Waals surface area contributed by atoms with Gasteiger partial charge in [0.15, 0.2) is 12.4 Å². The van der Waals surface area contributed by atoms with Gasteiger partial charge in [-0.2, -0.15) is 0 Å². The fourth-order valence-corrected chi connectivity index (χ4v) is 2.74. The lowest BCUT2D eigenvalue weighted by Gasteiger charge is -2.21. The number of nitro groups is 1. The van der Waals surface area contributed by atoms with E-state index in [0.29, 0.717) is 5.92 Å². The van der Waals surface area contributed by atoms with Gasteiger partial charge in [0.1, 0.15) is 0 Å². The lowest BCUT2D eigenvalue weighted by atomic mass is 9.97. The van der Waals surface area contributed by atoms with Gasteiger partial charge in [-0.05, 0) is 30.0 Å². The van der Waals surface area contributed by atoms with Crippen LogP contribution in [0.5, 0.6) is 5.75 Å². The van der Waals surface area contributed by atoms with Gasteiger partial charge in [0.05, 0.1) is 11.0 Å². The maximum Gasteiger partial charge on any atom is 0.312 e. The summed E-state index contributed by atoms with van der Waals surface area (Å²) >= 11 is 5.77. The van der Waals surface area contributed by atoms with Gasteiger partial charge in [-0.1, -0.05) is 55.8 Å². The van der Waals surface area contributed by atoms with Crippen molar-refractivity contribution in [1.82, 2.24) is 5.32 Å². The van der Waals surface area contributed by atoms with Crippen molar-refractivity contribution in [3.8, 4) is 5.75 Å². The molecule has 0 aromatic heterocycles. The Balaban J connectivity index is 2.04. The summed E-state index contributed by atoms with van der Waals surface area (Å²) in [6.07, 6.45) is 0.775. The highest BCUT2D eigenvalue weighted by atomic mass is 35.5. The van der Waals surface area contributed by atoms with E-state index < -0.39 is 4.92 Å². The molecular formula is C19H21ClN2O4. The Morgan fingerprint density at radius 1 is 1.23 bits per heavy atom. The maximum atomic E-state index is 12.3. The van der Waals surface area contributed by atoms with Gasteiger partial charge in [0.25, 0.3) is 5.91 Å². The molecule has 1 unspecified atom stereocenters. The van der Waals surface area contributed by atoms with Crippen LogP contribution in [0.15, 0.2) is 48.5 Å². The minimum atomic E-state index is -0.593. The largest absolute Gasteiger partial charge is 0.477 e. The van der Waals surface area contributed by atoms with E-state index in [1.807, 2.05) is 30.3 Å². The zero-order valence-electron chi connectivity index (χ0n) is 14.6. The Morgan fingerprint density at radius 2 is 1.92 bits per heavy atom. The number of rotatable bonds is 8. The molecule has 7 heteroatoms. The summed E-state index contributed by atoms with van der Waals surface area (Å²) in [5, 5.41) is 14.2. The summed E-state index contributed by atoms with van der Waals surface area (Å²) in [6, 6.07) is 13.6. The van der Waals surface area contributed by atoms with E-state index in [1.54, 1.807) is 0 Å². The van der Waals surface area contributed by atoms with Crippen LogP contribution >= 0.6 is 11.6 Å². The highest BCUT2D eigenvalue weighted by molar-refractivity contribution is 6.30. The monoisotopic (exact) mass is 376 g/mol. The number of hydrogen-bond acceptors (Lipinski definition) is 4. The number of halogens is 1. The summed E-state index contributed by atoms with van der Waals surface area (Å²) in [5.41, 5.74) is 0.735. The van der Waals surface area contributed by atoms with E-state index in [-0.39, 0.29) is 35.0 Å². The van der Waals surface area contributed by atoms with Gasteiger partial charge in [0, 0.05) is 11.1 Å². The summed E-state index contributed by atoms with van der Waals surface area (Å²) in [5.74, 6) is 0.0530. The topological polar surface area (TPSA) is 81.5 Å². The molecule has 0 saturated heterocycles. The number of nitro benzene ring substituents is 1. The molecule has 1 amide bonds. The number of hydrogen-bond donors (Lipinski definition) is 1. The average molecular weight is 377 g/mol. The molecule has 26 heavy (non-hydrogen) atoms. The average Bonchev–Trinajstić information content (AvgIpc) is 2.60. The zero-order chi connectivity index (χ0) is 19.1. The predicted octanol–water partition coefficient (Wildman–Crippen LogP) is 4.53. The second kappa shape index (κ2) is 9.20. The molecule has 138 valence electrons. The lowest BCUT2D eigenvalue weighted by Crippen LogP contribution is -2.33. The first-order chi connectivity index (χ1) is 12.4. The Bertz CT molecular complexity index is 765. The van der Waals surface area contributed by atoms with Crippen LogP contribution in [-0.2, 0) is 4.79 Å². The van der Waals surface area contributed by atoms with Gasteiger partial charge < -0.3 is 10.1 Å². The fourth-order valence-electron chi connectivity index (χ4n) is 2.57. The molecule has 0 radical (unpaired) electrons. The Kier molecular flexibility index (Phi) is 6.97. The van der Waals surface area contributed by atoms with E-state index in [0.717, 1.165) is 12.0 Å². The van der Waals surface area contributed by atoms with E-state index in [2.05, 4.69) is 19.2 Å². The molecule has 6 nitrogen and oxygen atoms in total. The molecule has 1 N–H and O–H groups in total. The zero-order valence-corrected chi connectivity index (χ0v) is 15.4. The van der Waals surface area contributed by atoms with Gasteiger partial charge in [-0.15, -0.1) is 0 Å². The van der Waals surface area contributed by atoms with E-state index in [9.17, 15) is 14.9 Å². The molecule has 2 aromatic rings. The molecule has 0 aliphatic heterocycles. The van der Waals surface area contributed by atoms with Crippen LogP contribution in [0.25, 0.3) is 0 Å². The van der Waals surface area contributed by atoms with Crippen LogP contribution in [-0.4, -0.2) is 17.4 Å². The van der Waals surface area contributed by atoms with Crippen LogP contribution in [0.4, 0.5) is 5.69 Å². The smallest absolute Gasteiger partial charge is 0.312 e. The Hall–Kier alpha value is -2.60. The van der Waals surface area contributed by atoms with Gasteiger partial charge >= 0.3 is 5.69 Å². The van der Waals surface area contributed by atoms with Crippen molar-refractivity contribution in [2.24, 2.45) is 5.92 Å². The Labute approximate surface area is 157 Å². The third-order valence-electron chi connectivity index (χ3n) is 3.72. The quantitative estimate of drug-likeness (QED) is 0.542. The minimum absolute atomic E-state index is 0.00895. The molecule has 1 atom stereocenters. The predicted molar refractivity (Wildman–Crippen MR) is 100 cm³/mol. The summed E-state index contributed by atoms with van der Waals surface area (Å²) < 4.78 is 5.34. The molecule has 0 bridgehead atoms. The van der Waals surface area contributed by atoms with Crippen molar-refractivity contribution >= 4 is 23.2 Å². The number of carbonyl (C=O) groups excluding carboxylic acids is 1. The third kappa shape index (κ3) is 5.74. The number of ether oxygens (including phenoxy) is 1. The second-order valence-electron chi connectivity index (χ2n) is 6.32. The molecule has 2 aromatic carbocycles. The molecule has 2 rings (SSSR count). The summed E-state index contributed by atoms with van der Waals surface area (Å²) in [7, 11) is 0. The number of nitrogens with zero attached hydrogens (tertiary/aromatic N) is 1. The standard InChI is InChI=1S/C19H21ClN2O4/c1-13(2)10-16(14-6-4-3-5-7-14)21-19(23)12-26-18-9-8-15(20)11-17(18)22(24)25/h3-9,11,13,16H,10,12H2,1-2H3,(H,21,23). The summed E-state index contributed by atoms with van der Waals surface area (Å²) in [6.45, 7) is 3.84. The first-order valence-corrected chi connectivity index (χ1v) is 8.65. The lowest BCUT2D eigenvalue weighted by molar-refractivity contribution is -0.385. The molecule has 0 aliphatic carbocycles. The molecule has 0 spiro atoms. The van der Waals surface area contributed by atoms with Crippen molar-refractivity contribution in [3.05, 3.63) is 69.2 Å². The molecule has 0 fully saturated rings. The molecule has 0 heterocycles. The van der Waals surface area contributed by atoms with E-state index >= 15 is 0 Å². The van der Waals surface area contributed by atoms with Gasteiger partial charge in [-0.25, -0.2) is 0 Å². The van der Waals surface area contributed by atoms with Crippen LogP contribution in [0, 0.1) is 16.0 Å². The van der Waals surface area contributed by atoms with Gasteiger partial charge in [0.2, 0.25) is 0 Å². The van der Waals surface area contributed by atoms with Crippen molar-refractivity contribution in [3.63, 3.8) is 0 Å². The summed E-state index contributed by atoms with van der Waals surface area (Å²) in [4.78, 5) is 22.8. The fraction of sp³-hybridized carbons (Fsp3) is 0.316. The van der Waals surface area contributed by atoms with Crippen molar-refractivity contribution in [1.29, 1.82) is 0 Å². The van der Waals surface area contributed by atoms with Crippen LogP contribution in [0.3, 0.4) is 0 Å². The highest BCUT2D eigenvalue weighted by Crippen LogP contribution is 2.30. The highest BCUT2D eigenvalue weighted by Gasteiger charge is 2.19. The normalized spacial score (nSPS) is 11.8. The first-order valence-electron chi connectivity index (χ1n) is 8.28. The number of carbonyl (C=O) groups is 1. The number of amides is 1. The van der Waals surface area contributed by atoms with Crippen molar-refractivity contribution < 1.29 is 14.5 Å². The molecule has 0 aliphatic rings. The van der Waals surface area contributed by atoms with Gasteiger partial charge in [-0.3, -0.25) is 14.9 Å². The number of benzene rings is 2. The second-order valence-corrected chi connectivity index (χ2v) is 6.75. The van der Waals surface area contributed by atoms with Crippen LogP contribution in [0.1, 0.15) is 31.9 Å². The maximum absolute atomic E-state index is 12.3. The van der Waals surface area contributed by atoms with Crippen molar-refractivity contribution in [2.45, 2.75) is 26.3 Å². The molecule has 0 saturated carbocycles. The first kappa shape index (κ1) is 19.7. The molecular weight excluding hydrogens is 356 g/mol. The van der Waals surface area contributed by atoms with Crippen LogP contribution < -0.4 is 10.1 Å². The van der Waals surface area contributed by atoms with Crippen LogP contribution in [0.2, 0.25) is 5.02 Å².